The molecule has 35 heavy (non-hydrogen) atoms. The molecule has 1 N–H and O–H groups in total. The maximum absolute atomic E-state index is 12.8. The number of carbonyl (C=O) groups is 1. The highest BCUT2D eigenvalue weighted by Gasteiger charge is 2.30. The Labute approximate surface area is 202 Å². The minimum absolute atomic E-state index is 0.125. The molecule has 0 fully saturated rings. The highest BCUT2D eigenvalue weighted by molar-refractivity contribution is 7.15. The number of benzene rings is 2. The number of rotatable bonds is 8. The molecule has 0 aliphatic heterocycles. The van der Waals surface area contributed by atoms with Gasteiger partial charge in [0.25, 0.3) is 0 Å². The summed E-state index contributed by atoms with van der Waals surface area (Å²) in [5.41, 5.74) is 1.42. The van der Waals surface area contributed by atoms with Crippen LogP contribution in [-0.2, 0) is 24.6 Å². The predicted molar refractivity (Wildman–Crippen MR) is 123 cm³/mol. The van der Waals surface area contributed by atoms with Gasteiger partial charge in [0.2, 0.25) is 0 Å². The highest BCUT2D eigenvalue weighted by Crippen LogP contribution is 2.33. The van der Waals surface area contributed by atoms with Gasteiger partial charge in [0.15, 0.2) is 0 Å². The number of ether oxygens (including phenoxy) is 1. The van der Waals surface area contributed by atoms with Crippen LogP contribution in [-0.4, -0.2) is 30.8 Å². The molecule has 0 saturated carbocycles. The molecule has 2 aromatic heterocycles. The van der Waals surface area contributed by atoms with E-state index in [-0.39, 0.29) is 13.0 Å². The van der Waals surface area contributed by atoms with Crippen LogP contribution in [0.2, 0.25) is 0 Å². The van der Waals surface area contributed by atoms with Gasteiger partial charge in [0.05, 0.1) is 28.5 Å². The minimum Gasteiger partial charge on any atom is -0.488 e. The molecule has 1 atom stereocenters. The normalized spacial score (nSPS) is 12.5. The van der Waals surface area contributed by atoms with Gasteiger partial charge in [-0.25, -0.2) is 9.97 Å². The zero-order chi connectivity index (χ0) is 25.2. The molecular weight excluding hydrogens is 481 g/mol. The Kier molecular flexibility index (Phi) is 6.88. The summed E-state index contributed by atoms with van der Waals surface area (Å²) in [6.07, 6.45) is -3.12. The maximum atomic E-state index is 12.8. The number of hydrogen-bond donors (Lipinski definition) is 1. The summed E-state index contributed by atoms with van der Waals surface area (Å²) in [4.78, 5) is 20.9. The first-order valence-corrected chi connectivity index (χ1v) is 11.4. The minimum atomic E-state index is -4.38. The number of carboxylic acid groups (broad SMARTS) is 1. The summed E-state index contributed by atoms with van der Waals surface area (Å²) in [6.45, 7) is 2.06. The molecule has 11 heteroatoms. The molecule has 182 valence electrons. The molecular formula is C24H21F3N4O3S. The number of aromatic nitrogens is 4. The van der Waals surface area contributed by atoms with E-state index in [4.69, 9.17) is 4.74 Å². The molecule has 0 spiro atoms. The number of thiazole rings is 1. The third-order valence-electron chi connectivity index (χ3n) is 5.44. The lowest BCUT2D eigenvalue weighted by Gasteiger charge is -2.15. The van der Waals surface area contributed by atoms with Crippen molar-refractivity contribution in [1.82, 2.24) is 19.7 Å². The van der Waals surface area contributed by atoms with Gasteiger partial charge in [0, 0.05) is 12.6 Å². The van der Waals surface area contributed by atoms with Crippen LogP contribution in [0, 0.1) is 6.92 Å². The smallest absolute Gasteiger partial charge is 0.416 e. The van der Waals surface area contributed by atoms with E-state index in [1.165, 1.54) is 29.8 Å². The Morgan fingerprint density at radius 1 is 1.14 bits per heavy atom. The lowest BCUT2D eigenvalue weighted by atomic mass is 9.95. The van der Waals surface area contributed by atoms with Gasteiger partial charge in [-0.05, 0) is 36.8 Å². The Morgan fingerprint density at radius 2 is 1.83 bits per heavy atom. The Morgan fingerprint density at radius 3 is 2.40 bits per heavy atom. The van der Waals surface area contributed by atoms with Gasteiger partial charge >= 0.3 is 12.1 Å². The average molecular weight is 503 g/mol. The molecule has 0 aliphatic rings. The van der Waals surface area contributed by atoms with Gasteiger partial charge in [-0.15, -0.1) is 11.3 Å². The number of aliphatic carboxylic acids is 1. The van der Waals surface area contributed by atoms with E-state index in [1.807, 2.05) is 6.92 Å². The van der Waals surface area contributed by atoms with Crippen molar-refractivity contribution in [3.05, 3.63) is 82.4 Å². The van der Waals surface area contributed by atoms with Crippen LogP contribution in [0.15, 0.2) is 54.9 Å². The van der Waals surface area contributed by atoms with Crippen LogP contribution in [0.25, 0.3) is 10.6 Å². The number of carboxylic acids is 1. The van der Waals surface area contributed by atoms with Crippen molar-refractivity contribution >= 4 is 17.3 Å². The first-order valence-electron chi connectivity index (χ1n) is 10.5. The van der Waals surface area contributed by atoms with E-state index in [2.05, 4.69) is 15.1 Å². The topological polar surface area (TPSA) is 90.1 Å². The summed E-state index contributed by atoms with van der Waals surface area (Å²) in [5.74, 6) is -0.256. The first kappa shape index (κ1) is 24.4. The van der Waals surface area contributed by atoms with E-state index in [0.717, 1.165) is 28.3 Å². The summed E-state index contributed by atoms with van der Waals surface area (Å²) in [7, 11) is 1.71. The molecule has 0 bridgehead atoms. The fourth-order valence-corrected chi connectivity index (χ4v) is 4.57. The monoisotopic (exact) mass is 502 g/mol. The average Bonchev–Trinajstić information content (AvgIpc) is 3.41. The molecule has 0 aliphatic carbocycles. The van der Waals surface area contributed by atoms with E-state index in [9.17, 15) is 23.1 Å². The van der Waals surface area contributed by atoms with Crippen molar-refractivity contribution in [1.29, 1.82) is 0 Å². The number of halogens is 3. The molecule has 0 radical (unpaired) electrons. The Bertz CT molecular complexity index is 1320. The second-order valence-electron chi connectivity index (χ2n) is 7.85. The van der Waals surface area contributed by atoms with Gasteiger partial charge in [-0.3, -0.25) is 9.48 Å². The molecule has 7 nitrogen and oxygen atoms in total. The quantitative estimate of drug-likeness (QED) is 0.345. The lowest BCUT2D eigenvalue weighted by Crippen LogP contribution is -2.13. The third-order valence-corrected chi connectivity index (χ3v) is 6.62. The van der Waals surface area contributed by atoms with Crippen LogP contribution in [0.3, 0.4) is 0 Å². The van der Waals surface area contributed by atoms with E-state index in [0.29, 0.717) is 22.1 Å². The number of alkyl halides is 3. The molecule has 4 rings (SSSR count). The molecule has 2 aromatic carbocycles. The van der Waals surface area contributed by atoms with Crippen molar-refractivity contribution < 1.29 is 27.8 Å². The third kappa shape index (κ3) is 5.68. The lowest BCUT2D eigenvalue weighted by molar-refractivity contribution is -0.138. The fraction of sp³-hybridized carbons (Fsp3) is 0.250. The highest BCUT2D eigenvalue weighted by atomic mass is 32.1. The van der Waals surface area contributed by atoms with Gasteiger partial charge in [-0.2, -0.15) is 18.3 Å². The van der Waals surface area contributed by atoms with Crippen LogP contribution in [0.4, 0.5) is 13.2 Å². The molecule has 4 aromatic rings. The van der Waals surface area contributed by atoms with Crippen molar-refractivity contribution in [3.8, 4) is 16.3 Å². The standard InChI is InChI=1S/C24H21F3N4O3S/c1-14-20(35-23(30-14)16-3-7-17(8-4-16)24(25,26)27)12-34-18-9-5-15(6-10-18)19(11-21(32)33)22-28-13-29-31(22)2/h3-10,13,19H,11-12H2,1-2H3,(H,32,33). The van der Waals surface area contributed by atoms with Gasteiger partial charge < -0.3 is 9.84 Å². The van der Waals surface area contributed by atoms with E-state index in [1.54, 1.807) is 36.0 Å². The van der Waals surface area contributed by atoms with Crippen LogP contribution in [0.1, 0.15) is 39.9 Å². The van der Waals surface area contributed by atoms with Gasteiger partial charge in [0.1, 0.15) is 29.5 Å². The zero-order valence-electron chi connectivity index (χ0n) is 18.8. The number of hydrogen-bond acceptors (Lipinski definition) is 6. The van der Waals surface area contributed by atoms with Crippen molar-refractivity contribution in [3.63, 3.8) is 0 Å². The van der Waals surface area contributed by atoms with E-state index >= 15 is 0 Å². The number of nitrogens with zero attached hydrogens (tertiary/aromatic N) is 4. The summed E-state index contributed by atoms with van der Waals surface area (Å²) in [5, 5.41) is 14.0. The molecule has 2 heterocycles. The van der Waals surface area contributed by atoms with Crippen molar-refractivity contribution in [2.75, 3.05) is 0 Å². The Balaban J connectivity index is 1.45. The second kappa shape index (κ2) is 9.87. The zero-order valence-corrected chi connectivity index (χ0v) is 19.6. The number of aryl methyl sites for hydroxylation is 2. The van der Waals surface area contributed by atoms with E-state index < -0.39 is 23.6 Å². The predicted octanol–water partition coefficient (Wildman–Crippen LogP) is 5.45. The molecule has 1 unspecified atom stereocenters. The molecule has 0 amide bonds. The Hall–Kier alpha value is -3.73. The van der Waals surface area contributed by atoms with Crippen LogP contribution < -0.4 is 4.74 Å². The summed E-state index contributed by atoms with van der Waals surface area (Å²) in [6, 6.07) is 12.0. The summed E-state index contributed by atoms with van der Waals surface area (Å²) >= 11 is 1.36. The maximum Gasteiger partial charge on any atom is 0.416 e. The van der Waals surface area contributed by atoms with Crippen LogP contribution >= 0.6 is 11.3 Å². The van der Waals surface area contributed by atoms with Crippen molar-refractivity contribution in [2.45, 2.75) is 32.0 Å². The fourth-order valence-electron chi connectivity index (χ4n) is 3.59. The summed E-state index contributed by atoms with van der Waals surface area (Å²) < 4.78 is 45.9. The molecule has 0 saturated heterocycles. The second-order valence-corrected chi connectivity index (χ2v) is 8.94. The van der Waals surface area contributed by atoms with Crippen molar-refractivity contribution in [2.24, 2.45) is 7.05 Å². The SMILES string of the molecule is Cc1nc(-c2ccc(C(F)(F)F)cc2)sc1COc1ccc(C(CC(=O)O)c2ncnn2C)cc1. The van der Waals surface area contributed by atoms with Crippen LogP contribution in [0.5, 0.6) is 5.75 Å². The largest absolute Gasteiger partial charge is 0.488 e. The first-order chi connectivity index (χ1) is 16.6. The van der Waals surface area contributed by atoms with Gasteiger partial charge in [-0.1, -0.05) is 24.3 Å².